The van der Waals surface area contributed by atoms with Crippen LogP contribution < -0.4 is 5.73 Å². The molecule has 0 aliphatic rings. The summed E-state index contributed by atoms with van der Waals surface area (Å²) in [5.41, 5.74) is 7.85. The SMILES string of the molecule is CC(C)n1ncc(Cl)c1C(N)c1ccoc1. The van der Waals surface area contributed by atoms with Crippen LogP contribution in [0.2, 0.25) is 5.02 Å². The van der Waals surface area contributed by atoms with Crippen molar-refractivity contribution in [3.63, 3.8) is 0 Å². The van der Waals surface area contributed by atoms with E-state index in [0.29, 0.717) is 5.02 Å². The summed E-state index contributed by atoms with van der Waals surface area (Å²) in [7, 11) is 0. The monoisotopic (exact) mass is 239 g/mol. The highest BCUT2D eigenvalue weighted by atomic mass is 35.5. The van der Waals surface area contributed by atoms with Crippen molar-refractivity contribution in [2.24, 2.45) is 5.73 Å². The van der Waals surface area contributed by atoms with Crippen molar-refractivity contribution in [2.75, 3.05) is 0 Å². The lowest BCUT2D eigenvalue weighted by atomic mass is 10.1. The molecule has 2 heterocycles. The highest BCUT2D eigenvalue weighted by Gasteiger charge is 2.20. The Morgan fingerprint density at radius 1 is 1.50 bits per heavy atom. The van der Waals surface area contributed by atoms with Gasteiger partial charge in [0.05, 0.1) is 35.5 Å². The third-order valence-corrected chi connectivity index (χ3v) is 2.76. The van der Waals surface area contributed by atoms with Gasteiger partial charge in [-0.15, -0.1) is 0 Å². The topological polar surface area (TPSA) is 57.0 Å². The molecule has 1 atom stereocenters. The minimum absolute atomic E-state index is 0.223. The Morgan fingerprint density at radius 2 is 2.25 bits per heavy atom. The van der Waals surface area contributed by atoms with Crippen molar-refractivity contribution >= 4 is 11.6 Å². The second-order valence-electron chi connectivity index (χ2n) is 3.95. The third-order valence-electron chi connectivity index (χ3n) is 2.47. The lowest BCUT2D eigenvalue weighted by Crippen LogP contribution is -2.18. The zero-order valence-electron chi connectivity index (χ0n) is 9.22. The van der Waals surface area contributed by atoms with Gasteiger partial charge in [-0.1, -0.05) is 11.6 Å². The van der Waals surface area contributed by atoms with Gasteiger partial charge in [0.25, 0.3) is 0 Å². The average Bonchev–Trinajstić information content (AvgIpc) is 2.84. The average molecular weight is 240 g/mol. The van der Waals surface area contributed by atoms with Gasteiger partial charge in [-0.2, -0.15) is 5.10 Å². The van der Waals surface area contributed by atoms with E-state index in [2.05, 4.69) is 5.10 Å². The summed E-state index contributed by atoms with van der Waals surface area (Å²) in [5.74, 6) is 0. The van der Waals surface area contributed by atoms with E-state index in [-0.39, 0.29) is 12.1 Å². The molecule has 2 rings (SSSR count). The Bertz CT molecular complexity index is 462. The number of halogens is 1. The molecule has 5 heteroatoms. The minimum atomic E-state index is -0.309. The van der Waals surface area contributed by atoms with Crippen LogP contribution in [0.15, 0.2) is 29.2 Å². The first-order valence-corrected chi connectivity index (χ1v) is 5.49. The number of nitrogens with two attached hydrogens (primary N) is 1. The van der Waals surface area contributed by atoms with Gasteiger partial charge in [0.15, 0.2) is 0 Å². The minimum Gasteiger partial charge on any atom is -0.472 e. The highest BCUT2D eigenvalue weighted by molar-refractivity contribution is 6.31. The Morgan fingerprint density at radius 3 is 2.81 bits per heavy atom. The number of rotatable bonds is 3. The van der Waals surface area contributed by atoms with E-state index in [9.17, 15) is 0 Å². The molecule has 2 aromatic rings. The van der Waals surface area contributed by atoms with E-state index in [4.69, 9.17) is 21.8 Å². The molecular weight excluding hydrogens is 226 g/mol. The van der Waals surface area contributed by atoms with Crippen molar-refractivity contribution in [2.45, 2.75) is 25.9 Å². The van der Waals surface area contributed by atoms with E-state index in [0.717, 1.165) is 11.3 Å². The summed E-state index contributed by atoms with van der Waals surface area (Å²) >= 11 is 6.11. The zero-order chi connectivity index (χ0) is 11.7. The van der Waals surface area contributed by atoms with E-state index in [1.807, 2.05) is 24.6 Å². The molecule has 0 fully saturated rings. The van der Waals surface area contributed by atoms with Gasteiger partial charge in [0.1, 0.15) is 0 Å². The van der Waals surface area contributed by atoms with Crippen LogP contribution in [0.3, 0.4) is 0 Å². The first-order chi connectivity index (χ1) is 7.61. The zero-order valence-corrected chi connectivity index (χ0v) is 9.98. The molecule has 2 N–H and O–H groups in total. The Kier molecular flexibility index (Phi) is 3.03. The largest absolute Gasteiger partial charge is 0.472 e. The molecule has 0 saturated carbocycles. The van der Waals surface area contributed by atoms with Crippen LogP contribution >= 0.6 is 11.6 Å². The van der Waals surface area contributed by atoms with E-state index < -0.39 is 0 Å². The predicted octanol–water partition coefficient (Wildman–Crippen LogP) is 2.76. The van der Waals surface area contributed by atoms with Gasteiger partial charge >= 0.3 is 0 Å². The van der Waals surface area contributed by atoms with Gasteiger partial charge in [-0.05, 0) is 19.9 Å². The maximum Gasteiger partial charge on any atom is 0.0954 e. The Hall–Kier alpha value is -1.26. The molecule has 2 aromatic heterocycles. The first-order valence-electron chi connectivity index (χ1n) is 5.12. The smallest absolute Gasteiger partial charge is 0.0954 e. The van der Waals surface area contributed by atoms with E-state index in [1.165, 1.54) is 0 Å². The number of hydrogen-bond acceptors (Lipinski definition) is 3. The maximum absolute atomic E-state index is 6.14. The van der Waals surface area contributed by atoms with Gasteiger partial charge in [0.2, 0.25) is 0 Å². The van der Waals surface area contributed by atoms with E-state index >= 15 is 0 Å². The summed E-state index contributed by atoms with van der Waals surface area (Å²) in [6, 6.07) is 1.75. The van der Waals surface area contributed by atoms with Crippen molar-refractivity contribution < 1.29 is 4.42 Å². The van der Waals surface area contributed by atoms with Crippen molar-refractivity contribution in [1.29, 1.82) is 0 Å². The standard InChI is InChI=1S/C11H14ClN3O/c1-7(2)15-11(9(12)5-14-15)10(13)8-3-4-16-6-8/h3-7,10H,13H2,1-2H3. The summed E-state index contributed by atoms with van der Waals surface area (Å²) in [6.45, 7) is 4.07. The fourth-order valence-electron chi connectivity index (χ4n) is 1.66. The fourth-order valence-corrected chi connectivity index (χ4v) is 1.91. The van der Waals surface area contributed by atoms with Crippen LogP contribution in [0.1, 0.15) is 37.2 Å². The van der Waals surface area contributed by atoms with Crippen LogP contribution in [0.25, 0.3) is 0 Å². The number of aromatic nitrogens is 2. The fraction of sp³-hybridized carbons (Fsp3) is 0.364. The predicted molar refractivity (Wildman–Crippen MR) is 62.4 cm³/mol. The van der Waals surface area contributed by atoms with Crippen LogP contribution in [-0.4, -0.2) is 9.78 Å². The summed E-state index contributed by atoms with van der Waals surface area (Å²) in [4.78, 5) is 0. The van der Waals surface area contributed by atoms with Crippen LogP contribution in [0.4, 0.5) is 0 Å². The maximum atomic E-state index is 6.14. The quantitative estimate of drug-likeness (QED) is 0.896. The molecule has 0 aliphatic carbocycles. The summed E-state index contributed by atoms with van der Waals surface area (Å²) in [6.07, 6.45) is 4.84. The molecule has 0 amide bonds. The number of nitrogens with zero attached hydrogens (tertiary/aromatic N) is 2. The molecule has 0 aliphatic heterocycles. The number of hydrogen-bond donors (Lipinski definition) is 1. The normalized spacial score (nSPS) is 13.3. The summed E-state index contributed by atoms with van der Waals surface area (Å²) < 4.78 is 6.85. The molecule has 0 radical (unpaired) electrons. The first kappa shape index (κ1) is 11.2. The van der Waals surface area contributed by atoms with Crippen molar-refractivity contribution in [1.82, 2.24) is 9.78 Å². The van der Waals surface area contributed by atoms with Gasteiger partial charge in [0, 0.05) is 11.6 Å². The second-order valence-corrected chi connectivity index (χ2v) is 4.36. The molecule has 0 aromatic carbocycles. The molecular formula is C11H14ClN3O. The van der Waals surface area contributed by atoms with Crippen molar-refractivity contribution in [3.05, 3.63) is 41.1 Å². The van der Waals surface area contributed by atoms with Gasteiger partial charge < -0.3 is 10.2 Å². The molecule has 86 valence electrons. The van der Waals surface area contributed by atoms with Gasteiger partial charge in [-0.3, -0.25) is 4.68 Å². The second kappa shape index (κ2) is 4.31. The molecule has 0 saturated heterocycles. The highest BCUT2D eigenvalue weighted by Crippen LogP contribution is 2.28. The van der Waals surface area contributed by atoms with Crippen LogP contribution in [0.5, 0.6) is 0 Å². The van der Waals surface area contributed by atoms with Gasteiger partial charge in [-0.25, -0.2) is 0 Å². The Labute approximate surface area is 99.0 Å². The Balaban J connectivity index is 2.43. The molecule has 0 bridgehead atoms. The molecule has 0 spiro atoms. The van der Waals surface area contributed by atoms with Crippen LogP contribution in [0, 0.1) is 0 Å². The lowest BCUT2D eigenvalue weighted by Gasteiger charge is -2.16. The third kappa shape index (κ3) is 1.86. The lowest BCUT2D eigenvalue weighted by molar-refractivity contribution is 0.497. The van der Waals surface area contributed by atoms with Crippen LogP contribution in [-0.2, 0) is 0 Å². The van der Waals surface area contributed by atoms with E-state index in [1.54, 1.807) is 18.7 Å². The number of furan rings is 1. The molecule has 16 heavy (non-hydrogen) atoms. The van der Waals surface area contributed by atoms with Crippen molar-refractivity contribution in [3.8, 4) is 0 Å². The molecule has 1 unspecified atom stereocenters. The summed E-state index contributed by atoms with van der Waals surface area (Å²) in [5, 5.41) is 4.81. The molecule has 4 nitrogen and oxygen atoms in total.